The predicted molar refractivity (Wildman–Crippen MR) is 84.1 cm³/mol. The Hall–Kier alpha value is -2.37. The molecular formula is C17H21N3O3. The Morgan fingerprint density at radius 1 is 1.30 bits per heavy atom. The number of carbonyl (C=O) groups excluding carboxylic acids is 1. The minimum atomic E-state index is -0.0134. The number of hydrogen-bond acceptors (Lipinski definition) is 5. The largest absolute Gasteiger partial charge is 0.472 e. The van der Waals surface area contributed by atoms with Crippen LogP contribution >= 0.6 is 0 Å². The molecule has 3 rings (SSSR count). The van der Waals surface area contributed by atoms with Crippen LogP contribution in [-0.2, 0) is 10.2 Å². The van der Waals surface area contributed by atoms with Crippen molar-refractivity contribution in [1.29, 1.82) is 0 Å². The van der Waals surface area contributed by atoms with Gasteiger partial charge in [0.05, 0.1) is 6.54 Å². The van der Waals surface area contributed by atoms with Crippen molar-refractivity contribution >= 4 is 5.91 Å². The highest BCUT2D eigenvalue weighted by Crippen LogP contribution is 2.33. The Kier molecular flexibility index (Phi) is 4.32. The second kappa shape index (κ2) is 6.40. The second-order valence-corrected chi connectivity index (χ2v) is 6.25. The number of aryl methyl sites for hydroxylation is 1. The summed E-state index contributed by atoms with van der Waals surface area (Å²) in [5, 5.41) is 7.35. The first-order valence-electron chi connectivity index (χ1n) is 7.84. The molecule has 6 nitrogen and oxygen atoms in total. The van der Waals surface area contributed by atoms with Gasteiger partial charge in [-0.25, -0.2) is 4.63 Å². The van der Waals surface area contributed by atoms with Crippen LogP contribution in [0.4, 0.5) is 0 Å². The quantitative estimate of drug-likeness (QED) is 0.847. The van der Waals surface area contributed by atoms with Crippen molar-refractivity contribution < 1.29 is 14.2 Å². The number of nitrogens with zero attached hydrogens (tertiary/aromatic N) is 3. The van der Waals surface area contributed by atoms with Gasteiger partial charge in [-0.05, 0) is 24.1 Å². The van der Waals surface area contributed by atoms with E-state index < -0.39 is 0 Å². The molecule has 0 N–H and O–H groups in total. The molecular weight excluding hydrogens is 294 g/mol. The molecule has 0 aliphatic carbocycles. The van der Waals surface area contributed by atoms with Gasteiger partial charge >= 0.3 is 0 Å². The third-order valence-corrected chi connectivity index (χ3v) is 4.46. The third kappa shape index (κ3) is 3.36. The molecule has 1 aliphatic rings. The standard InChI is InChI=1S/C17H21N3O3/c1-13-16(19-23-18-13)22-11-10-20-12-17(2,9-8-15(20)21)14-6-4-3-5-7-14/h3-7H,8-12H2,1-2H3. The monoisotopic (exact) mass is 315 g/mol. The normalized spacial score (nSPS) is 21.5. The van der Waals surface area contributed by atoms with E-state index in [4.69, 9.17) is 4.74 Å². The summed E-state index contributed by atoms with van der Waals surface area (Å²) in [7, 11) is 0. The van der Waals surface area contributed by atoms with Gasteiger partial charge in [0, 0.05) is 18.4 Å². The molecule has 23 heavy (non-hydrogen) atoms. The lowest BCUT2D eigenvalue weighted by molar-refractivity contribution is -0.135. The molecule has 1 fully saturated rings. The molecule has 1 aliphatic heterocycles. The van der Waals surface area contributed by atoms with Crippen molar-refractivity contribution in [2.24, 2.45) is 0 Å². The number of amides is 1. The van der Waals surface area contributed by atoms with Gasteiger partial charge in [-0.1, -0.05) is 42.4 Å². The summed E-state index contributed by atoms with van der Waals surface area (Å²) in [6, 6.07) is 10.4. The molecule has 1 saturated heterocycles. The van der Waals surface area contributed by atoms with Crippen LogP contribution in [0.1, 0.15) is 31.0 Å². The second-order valence-electron chi connectivity index (χ2n) is 6.25. The fourth-order valence-electron chi connectivity index (χ4n) is 3.02. The molecule has 1 amide bonds. The van der Waals surface area contributed by atoms with Crippen molar-refractivity contribution in [1.82, 2.24) is 15.2 Å². The lowest BCUT2D eigenvalue weighted by atomic mass is 9.76. The summed E-state index contributed by atoms with van der Waals surface area (Å²) in [4.78, 5) is 14.1. The molecule has 1 aromatic carbocycles. The van der Waals surface area contributed by atoms with E-state index in [0.717, 1.165) is 6.42 Å². The maximum absolute atomic E-state index is 12.2. The van der Waals surface area contributed by atoms with Gasteiger partial charge in [0.25, 0.3) is 5.88 Å². The van der Waals surface area contributed by atoms with Crippen molar-refractivity contribution in [2.75, 3.05) is 19.7 Å². The number of carbonyl (C=O) groups is 1. The fourth-order valence-corrected chi connectivity index (χ4v) is 3.02. The fraction of sp³-hybridized carbons (Fsp3) is 0.471. The minimum Gasteiger partial charge on any atom is -0.472 e. The molecule has 1 aromatic heterocycles. The lowest BCUT2D eigenvalue weighted by Gasteiger charge is -2.40. The van der Waals surface area contributed by atoms with Crippen LogP contribution in [-0.4, -0.2) is 40.8 Å². The van der Waals surface area contributed by atoms with Crippen LogP contribution < -0.4 is 4.74 Å². The lowest BCUT2D eigenvalue weighted by Crippen LogP contribution is -2.48. The molecule has 122 valence electrons. The number of rotatable bonds is 5. The molecule has 0 bridgehead atoms. The Morgan fingerprint density at radius 3 is 2.78 bits per heavy atom. The summed E-state index contributed by atoms with van der Waals surface area (Å²) >= 11 is 0. The zero-order chi connectivity index (χ0) is 16.3. The summed E-state index contributed by atoms with van der Waals surface area (Å²) in [5.74, 6) is 0.567. The molecule has 0 saturated carbocycles. The van der Waals surface area contributed by atoms with Crippen LogP contribution in [0.2, 0.25) is 0 Å². The highest BCUT2D eigenvalue weighted by Gasteiger charge is 2.36. The zero-order valence-electron chi connectivity index (χ0n) is 13.5. The summed E-state index contributed by atoms with van der Waals surface area (Å²) in [5.41, 5.74) is 1.87. The van der Waals surface area contributed by atoms with E-state index in [1.165, 1.54) is 5.56 Å². The van der Waals surface area contributed by atoms with E-state index in [1.807, 2.05) is 23.1 Å². The van der Waals surface area contributed by atoms with E-state index in [1.54, 1.807) is 6.92 Å². The maximum atomic E-state index is 12.2. The van der Waals surface area contributed by atoms with Crippen LogP contribution in [0.25, 0.3) is 0 Å². The Labute approximate surface area is 135 Å². The van der Waals surface area contributed by atoms with Crippen LogP contribution in [0.15, 0.2) is 35.0 Å². The Balaban J connectivity index is 1.62. The predicted octanol–water partition coefficient (Wildman–Crippen LogP) is 2.34. The summed E-state index contributed by atoms with van der Waals surface area (Å²) < 4.78 is 10.1. The topological polar surface area (TPSA) is 68.5 Å². The van der Waals surface area contributed by atoms with Crippen molar-refractivity contribution in [3.8, 4) is 5.88 Å². The number of hydrogen-bond donors (Lipinski definition) is 0. The molecule has 2 aromatic rings. The van der Waals surface area contributed by atoms with Gasteiger partial charge in [0.15, 0.2) is 0 Å². The molecule has 0 spiro atoms. The van der Waals surface area contributed by atoms with E-state index >= 15 is 0 Å². The van der Waals surface area contributed by atoms with Gasteiger partial charge < -0.3 is 9.64 Å². The highest BCUT2D eigenvalue weighted by molar-refractivity contribution is 5.77. The molecule has 1 atom stereocenters. The summed E-state index contributed by atoms with van der Waals surface area (Å²) in [6.45, 7) is 5.60. The van der Waals surface area contributed by atoms with Gasteiger partial charge in [0.2, 0.25) is 5.91 Å². The number of likely N-dealkylation sites (tertiary alicyclic amines) is 1. The average Bonchev–Trinajstić information content (AvgIpc) is 2.97. The van der Waals surface area contributed by atoms with E-state index in [9.17, 15) is 4.79 Å². The average molecular weight is 315 g/mol. The number of benzene rings is 1. The van der Waals surface area contributed by atoms with E-state index in [2.05, 4.69) is 34.0 Å². The Morgan fingerprint density at radius 2 is 2.09 bits per heavy atom. The smallest absolute Gasteiger partial charge is 0.278 e. The number of piperidine rings is 1. The molecule has 6 heteroatoms. The van der Waals surface area contributed by atoms with E-state index in [0.29, 0.717) is 37.7 Å². The SMILES string of the molecule is Cc1nonc1OCCN1CC(C)(c2ccccc2)CCC1=O. The number of aromatic nitrogens is 2. The van der Waals surface area contributed by atoms with E-state index in [-0.39, 0.29) is 11.3 Å². The maximum Gasteiger partial charge on any atom is 0.278 e. The third-order valence-electron chi connectivity index (χ3n) is 4.46. The van der Waals surface area contributed by atoms with Crippen LogP contribution in [0, 0.1) is 6.92 Å². The van der Waals surface area contributed by atoms with Crippen molar-refractivity contribution in [3.05, 3.63) is 41.6 Å². The van der Waals surface area contributed by atoms with Crippen LogP contribution in [0.5, 0.6) is 5.88 Å². The van der Waals surface area contributed by atoms with Crippen molar-refractivity contribution in [3.63, 3.8) is 0 Å². The van der Waals surface area contributed by atoms with Crippen LogP contribution in [0.3, 0.4) is 0 Å². The first kappa shape index (κ1) is 15.5. The number of ether oxygens (including phenoxy) is 1. The minimum absolute atomic E-state index is 0.0134. The molecule has 2 heterocycles. The zero-order valence-corrected chi connectivity index (χ0v) is 13.5. The Bertz CT molecular complexity index is 671. The highest BCUT2D eigenvalue weighted by atomic mass is 16.6. The summed E-state index contributed by atoms with van der Waals surface area (Å²) in [6.07, 6.45) is 1.44. The van der Waals surface area contributed by atoms with Crippen molar-refractivity contribution in [2.45, 2.75) is 32.1 Å². The molecule has 1 unspecified atom stereocenters. The van der Waals surface area contributed by atoms with Gasteiger partial charge in [-0.2, -0.15) is 0 Å². The first-order chi connectivity index (χ1) is 11.1. The first-order valence-corrected chi connectivity index (χ1v) is 7.84. The van der Waals surface area contributed by atoms with Gasteiger partial charge in [0.1, 0.15) is 12.3 Å². The molecule has 0 radical (unpaired) electrons. The van der Waals surface area contributed by atoms with Gasteiger partial charge in [-0.3, -0.25) is 4.79 Å². The van der Waals surface area contributed by atoms with Gasteiger partial charge in [-0.15, -0.1) is 0 Å².